The van der Waals surface area contributed by atoms with Crippen LogP contribution >= 0.6 is 0 Å². The zero-order valence-electron chi connectivity index (χ0n) is 14.0. The van der Waals surface area contributed by atoms with E-state index in [-0.39, 0.29) is 0 Å². The van der Waals surface area contributed by atoms with Crippen LogP contribution in [0.2, 0.25) is 0 Å². The van der Waals surface area contributed by atoms with Crippen molar-refractivity contribution in [2.24, 2.45) is 0 Å². The molecule has 0 rings (SSSR count). The van der Waals surface area contributed by atoms with Crippen molar-refractivity contribution >= 4 is 10.9 Å². The molecule has 0 aliphatic carbocycles. The van der Waals surface area contributed by atoms with Crippen LogP contribution < -0.4 is 0 Å². The SMILES string of the molecule is CCCCCCCC[S+](CCCCC)CCCCC. The van der Waals surface area contributed by atoms with Gasteiger partial charge in [-0.05, 0) is 49.4 Å². The predicted molar refractivity (Wildman–Crippen MR) is 94.4 cm³/mol. The fourth-order valence-corrected chi connectivity index (χ4v) is 4.95. The van der Waals surface area contributed by atoms with E-state index >= 15 is 0 Å². The van der Waals surface area contributed by atoms with Gasteiger partial charge in [0.1, 0.15) is 17.3 Å². The highest BCUT2D eigenvalue weighted by molar-refractivity contribution is 7.96. The summed E-state index contributed by atoms with van der Waals surface area (Å²) >= 11 is 0. The number of rotatable bonds is 15. The Hall–Kier alpha value is 0.350. The van der Waals surface area contributed by atoms with Crippen molar-refractivity contribution in [3.63, 3.8) is 0 Å². The van der Waals surface area contributed by atoms with E-state index in [1.807, 2.05) is 0 Å². The van der Waals surface area contributed by atoms with E-state index in [1.165, 1.54) is 88.6 Å². The summed E-state index contributed by atoms with van der Waals surface area (Å²) in [6, 6.07) is 0. The minimum absolute atomic E-state index is 0.765. The summed E-state index contributed by atoms with van der Waals surface area (Å²) in [7, 11) is 0.765. The normalized spacial score (nSPS) is 11.4. The van der Waals surface area contributed by atoms with Gasteiger partial charge in [0, 0.05) is 0 Å². The molecule has 0 spiro atoms. The Balaban J connectivity index is 3.58. The molecule has 0 nitrogen and oxygen atoms in total. The Morgan fingerprint density at radius 2 is 0.737 bits per heavy atom. The van der Waals surface area contributed by atoms with Gasteiger partial charge in [-0.25, -0.2) is 0 Å². The molecule has 0 fully saturated rings. The van der Waals surface area contributed by atoms with Crippen LogP contribution in [-0.4, -0.2) is 17.3 Å². The quantitative estimate of drug-likeness (QED) is 0.243. The molecule has 0 radical (unpaired) electrons. The molecule has 0 aliphatic heterocycles. The van der Waals surface area contributed by atoms with Crippen molar-refractivity contribution in [1.82, 2.24) is 0 Å². The molecule has 0 heterocycles. The molecule has 0 amide bonds. The first-order chi connectivity index (χ1) is 9.35. The number of unbranched alkanes of at least 4 members (excludes halogenated alkanes) is 9. The molecule has 0 aliphatic rings. The molecule has 0 aromatic heterocycles. The highest BCUT2D eigenvalue weighted by Gasteiger charge is 2.16. The molecule has 0 saturated heterocycles. The fourth-order valence-electron chi connectivity index (χ4n) is 2.51. The van der Waals surface area contributed by atoms with Gasteiger partial charge < -0.3 is 0 Å². The largest absolute Gasteiger partial charge is 0.108 e. The summed E-state index contributed by atoms with van der Waals surface area (Å²) in [5.74, 6) is 4.61. The van der Waals surface area contributed by atoms with Crippen molar-refractivity contribution < 1.29 is 0 Å². The number of hydrogen-bond donors (Lipinski definition) is 0. The summed E-state index contributed by atoms with van der Waals surface area (Å²) in [6.45, 7) is 6.95. The lowest BCUT2D eigenvalue weighted by Gasteiger charge is -2.09. The van der Waals surface area contributed by atoms with E-state index < -0.39 is 0 Å². The summed E-state index contributed by atoms with van der Waals surface area (Å²) in [6.07, 6.45) is 17.4. The highest BCUT2D eigenvalue weighted by Crippen LogP contribution is 2.12. The Morgan fingerprint density at radius 3 is 1.21 bits per heavy atom. The van der Waals surface area contributed by atoms with Crippen LogP contribution in [0, 0.1) is 0 Å². The lowest BCUT2D eigenvalue weighted by Crippen LogP contribution is -2.16. The van der Waals surface area contributed by atoms with Crippen LogP contribution in [0.15, 0.2) is 0 Å². The van der Waals surface area contributed by atoms with E-state index in [9.17, 15) is 0 Å². The second kappa shape index (κ2) is 16.4. The Morgan fingerprint density at radius 1 is 0.421 bits per heavy atom. The van der Waals surface area contributed by atoms with Crippen molar-refractivity contribution in [1.29, 1.82) is 0 Å². The minimum atomic E-state index is 0.765. The third kappa shape index (κ3) is 14.6. The molecule has 0 N–H and O–H groups in total. The lowest BCUT2D eigenvalue weighted by atomic mass is 10.1. The molecule has 19 heavy (non-hydrogen) atoms. The van der Waals surface area contributed by atoms with E-state index in [1.54, 1.807) is 5.75 Å². The standard InChI is InChI=1S/C18H39S/c1-4-7-10-11-12-15-18-19(16-13-8-5-2)17-14-9-6-3/h4-18H2,1-3H3/q+1. The average Bonchev–Trinajstić information content (AvgIpc) is 2.42. The first-order valence-electron chi connectivity index (χ1n) is 8.99. The highest BCUT2D eigenvalue weighted by atomic mass is 32.2. The van der Waals surface area contributed by atoms with Crippen LogP contribution in [0.1, 0.15) is 97.8 Å². The number of hydrogen-bond acceptors (Lipinski definition) is 0. The maximum atomic E-state index is 2.32. The average molecular weight is 288 g/mol. The molecular weight excluding hydrogens is 248 g/mol. The summed E-state index contributed by atoms with van der Waals surface area (Å²) < 4.78 is 0. The maximum Gasteiger partial charge on any atom is 0.108 e. The lowest BCUT2D eigenvalue weighted by molar-refractivity contribution is 0.626. The topological polar surface area (TPSA) is 0 Å². The molecule has 0 atom stereocenters. The molecule has 0 saturated carbocycles. The van der Waals surface area contributed by atoms with Crippen molar-refractivity contribution in [3.05, 3.63) is 0 Å². The summed E-state index contributed by atoms with van der Waals surface area (Å²) in [4.78, 5) is 0. The van der Waals surface area contributed by atoms with E-state index in [2.05, 4.69) is 20.8 Å². The van der Waals surface area contributed by atoms with Crippen molar-refractivity contribution in [3.8, 4) is 0 Å². The second-order valence-electron chi connectivity index (χ2n) is 5.91. The Kier molecular flexibility index (Phi) is 16.7. The third-order valence-electron chi connectivity index (χ3n) is 3.86. The van der Waals surface area contributed by atoms with Gasteiger partial charge in [-0.2, -0.15) is 0 Å². The monoisotopic (exact) mass is 287 g/mol. The third-order valence-corrected chi connectivity index (χ3v) is 6.46. The van der Waals surface area contributed by atoms with Gasteiger partial charge in [0.2, 0.25) is 0 Å². The summed E-state index contributed by atoms with van der Waals surface area (Å²) in [5, 5.41) is 0. The van der Waals surface area contributed by atoms with Crippen LogP contribution in [0.3, 0.4) is 0 Å². The minimum Gasteiger partial charge on any atom is -0.0654 e. The van der Waals surface area contributed by atoms with Gasteiger partial charge in [-0.1, -0.05) is 59.3 Å². The Labute approximate surface area is 126 Å². The zero-order valence-corrected chi connectivity index (χ0v) is 14.8. The van der Waals surface area contributed by atoms with Crippen molar-refractivity contribution in [2.75, 3.05) is 17.3 Å². The second-order valence-corrected chi connectivity index (χ2v) is 8.36. The maximum absolute atomic E-state index is 2.32. The van der Waals surface area contributed by atoms with Gasteiger partial charge in [-0.3, -0.25) is 0 Å². The van der Waals surface area contributed by atoms with Gasteiger partial charge in [0.25, 0.3) is 0 Å². The molecule has 0 unspecified atom stereocenters. The van der Waals surface area contributed by atoms with Gasteiger partial charge in [-0.15, -0.1) is 0 Å². The van der Waals surface area contributed by atoms with Gasteiger partial charge in [0.05, 0.1) is 0 Å². The molecule has 116 valence electrons. The zero-order chi connectivity index (χ0) is 14.2. The van der Waals surface area contributed by atoms with E-state index in [0.717, 1.165) is 10.9 Å². The van der Waals surface area contributed by atoms with Crippen LogP contribution in [0.5, 0.6) is 0 Å². The van der Waals surface area contributed by atoms with Gasteiger partial charge in [0.15, 0.2) is 0 Å². The van der Waals surface area contributed by atoms with Gasteiger partial charge >= 0.3 is 0 Å². The van der Waals surface area contributed by atoms with E-state index in [0.29, 0.717) is 0 Å². The first-order valence-corrected chi connectivity index (χ1v) is 10.7. The van der Waals surface area contributed by atoms with E-state index in [4.69, 9.17) is 0 Å². The molecule has 0 bridgehead atoms. The van der Waals surface area contributed by atoms with Crippen LogP contribution in [-0.2, 0) is 10.9 Å². The van der Waals surface area contributed by atoms with Crippen LogP contribution in [0.25, 0.3) is 0 Å². The fraction of sp³-hybridized carbons (Fsp3) is 1.00. The molecular formula is C18H39S+. The predicted octanol–water partition coefficient (Wildman–Crippen LogP) is 6.35. The smallest absolute Gasteiger partial charge is 0.0654 e. The summed E-state index contributed by atoms with van der Waals surface area (Å²) in [5.41, 5.74) is 0. The molecule has 1 heteroatoms. The first kappa shape index (κ1) is 19.4. The molecule has 0 aromatic rings. The van der Waals surface area contributed by atoms with Crippen LogP contribution in [0.4, 0.5) is 0 Å². The molecule has 0 aromatic carbocycles. The Bertz CT molecular complexity index is 146. The van der Waals surface area contributed by atoms with Crippen molar-refractivity contribution in [2.45, 2.75) is 97.8 Å².